The summed E-state index contributed by atoms with van der Waals surface area (Å²) >= 11 is 1.88. The number of hydrogen-bond donors (Lipinski definition) is 0. The highest BCUT2D eigenvalue weighted by molar-refractivity contribution is 7.25. The Morgan fingerprint density at radius 3 is 1.42 bits per heavy atom. The molecule has 0 bridgehead atoms. The van der Waals surface area contributed by atoms with Gasteiger partial charge in [-0.2, -0.15) is 0 Å². The maximum absolute atomic E-state index is 2.55. The van der Waals surface area contributed by atoms with E-state index in [1.54, 1.807) is 0 Å². The van der Waals surface area contributed by atoms with E-state index in [1.807, 2.05) is 11.3 Å². The van der Waals surface area contributed by atoms with E-state index in [1.165, 1.54) is 151 Å². The maximum Gasteiger partial charge on any atom is 0.0355 e. The molecule has 0 radical (unpaired) electrons. The van der Waals surface area contributed by atoms with E-state index in [-0.39, 0.29) is 0 Å². The first-order valence-electron chi connectivity index (χ1n) is 23.2. The lowest BCUT2D eigenvalue weighted by Crippen LogP contribution is -1.92. The second kappa shape index (κ2) is 14.1. The molecule has 0 saturated heterocycles. The second-order valence-corrected chi connectivity index (χ2v) is 19.3. The number of hydrogen-bond acceptors (Lipinski definition) is 1. The summed E-state index contributed by atoms with van der Waals surface area (Å²) in [4.78, 5) is 0. The van der Waals surface area contributed by atoms with Gasteiger partial charge in [-0.1, -0.05) is 194 Å². The minimum atomic E-state index is 1.21. The van der Waals surface area contributed by atoms with Crippen molar-refractivity contribution in [3.05, 3.63) is 231 Å². The lowest BCUT2D eigenvalue weighted by molar-refractivity contribution is 1.61. The third-order valence-electron chi connectivity index (χ3n) is 14.7. The Morgan fingerprint density at radius 2 is 0.687 bits per heavy atom. The molecule has 0 saturated carbocycles. The van der Waals surface area contributed by atoms with Crippen LogP contribution in [0.3, 0.4) is 0 Å². The molecule has 0 atom stereocenters. The highest BCUT2D eigenvalue weighted by Crippen LogP contribution is 2.56. The van der Waals surface area contributed by atoms with Crippen molar-refractivity contribution in [2.45, 2.75) is 0 Å². The summed E-state index contributed by atoms with van der Waals surface area (Å²) in [5.41, 5.74) is 12.4. The van der Waals surface area contributed by atoms with Crippen LogP contribution in [0.2, 0.25) is 0 Å². The molecule has 0 amide bonds. The monoisotopic (exact) mass is 862 g/mol. The van der Waals surface area contributed by atoms with E-state index in [4.69, 9.17) is 0 Å². The Kier molecular flexibility index (Phi) is 7.75. The molecule has 1 aromatic heterocycles. The Labute approximate surface area is 390 Å². The number of rotatable bonds is 5. The zero-order valence-corrected chi connectivity index (χ0v) is 37.2. The van der Waals surface area contributed by atoms with Gasteiger partial charge < -0.3 is 0 Å². The van der Waals surface area contributed by atoms with Crippen LogP contribution in [0, 0.1) is 0 Å². The molecule has 1 heteroatoms. The summed E-state index contributed by atoms with van der Waals surface area (Å²) in [5, 5.41) is 20.9. The minimum Gasteiger partial charge on any atom is -0.135 e. The second-order valence-electron chi connectivity index (χ2n) is 18.2. The Morgan fingerprint density at radius 1 is 0.194 bits per heavy atom. The van der Waals surface area contributed by atoms with Crippen LogP contribution in [0.15, 0.2) is 231 Å². The van der Waals surface area contributed by atoms with E-state index in [2.05, 4.69) is 231 Å². The van der Waals surface area contributed by atoms with Crippen LogP contribution in [-0.2, 0) is 0 Å². The molecule has 0 unspecified atom stereocenters. The van der Waals surface area contributed by atoms with Gasteiger partial charge in [0.15, 0.2) is 0 Å². The first kappa shape index (κ1) is 36.9. The SMILES string of the molecule is c1ccc(-c2cccc(-c3c4cc5c6ccccc6c6cccc(c4c(-c4cccc(-c7ccccc7)c4)c4c7cccc8c(-c9ccc%10sc%11ccccc%11c%10c9)ccc(c34)c87)c65)c2)cc1. The third-order valence-corrected chi connectivity index (χ3v) is 15.9. The first-order chi connectivity index (χ1) is 33.2. The van der Waals surface area contributed by atoms with Gasteiger partial charge in [-0.15, -0.1) is 11.3 Å². The average molecular weight is 863 g/mol. The molecular formula is C66H38S. The smallest absolute Gasteiger partial charge is 0.0355 e. The highest BCUT2D eigenvalue weighted by Gasteiger charge is 2.27. The summed E-state index contributed by atoms with van der Waals surface area (Å²) < 4.78 is 2.65. The van der Waals surface area contributed by atoms with Crippen molar-refractivity contribution in [1.29, 1.82) is 0 Å². The van der Waals surface area contributed by atoms with Crippen LogP contribution in [-0.4, -0.2) is 0 Å². The number of benzene rings is 12. The van der Waals surface area contributed by atoms with E-state index in [0.717, 1.165) is 0 Å². The molecule has 0 aliphatic rings. The third kappa shape index (κ3) is 5.29. The van der Waals surface area contributed by atoms with Crippen molar-refractivity contribution in [3.63, 3.8) is 0 Å². The molecule has 0 aliphatic carbocycles. The van der Waals surface area contributed by atoms with Crippen molar-refractivity contribution >= 4 is 107 Å². The minimum absolute atomic E-state index is 1.21. The van der Waals surface area contributed by atoms with Gasteiger partial charge in [-0.05, 0) is 167 Å². The van der Waals surface area contributed by atoms with Gasteiger partial charge in [-0.3, -0.25) is 0 Å². The van der Waals surface area contributed by atoms with Crippen molar-refractivity contribution in [1.82, 2.24) is 0 Å². The molecule has 0 N–H and O–H groups in total. The molecule has 14 aromatic carbocycles. The van der Waals surface area contributed by atoms with Crippen LogP contribution in [0.1, 0.15) is 0 Å². The summed E-state index contributed by atoms with van der Waals surface area (Å²) in [6.45, 7) is 0. The summed E-state index contributed by atoms with van der Waals surface area (Å²) in [5.74, 6) is 0. The normalized spacial score (nSPS) is 12.2. The lowest BCUT2D eigenvalue weighted by atomic mass is 9.83. The lowest BCUT2D eigenvalue weighted by Gasteiger charge is -2.20. The van der Waals surface area contributed by atoms with Gasteiger partial charge in [0.2, 0.25) is 0 Å². The molecular weight excluding hydrogens is 825 g/mol. The Balaban J connectivity index is 1.15. The fourth-order valence-electron chi connectivity index (χ4n) is 11.9. The standard InChI is InChI=1S/C66H38S/c1-3-15-39(16-4-1)41-19-11-21-44(35-41)60-57-38-56-48-24-8-7-23-47(48)51-27-14-28-52(63(51)56)64(57)61(45-22-12-20-42(36-45)40-17-5-2-6-18-40)66-53-29-13-26-50-46(32-33-54(62(50)53)65(60)66)43-31-34-59-55(37-43)49-25-9-10-30-58(49)67-59/h1-38H. The fourth-order valence-corrected chi connectivity index (χ4v) is 13.0. The summed E-state index contributed by atoms with van der Waals surface area (Å²) in [7, 11) is 0. The average Bonchev–Trinajstić information content (AvgIpc) is 4.05. The fraction of sp³-hybridized carbons (Fsp3) is 0. The van der Waals surface area contributed by atoms with E-state index < -0.39 is 0 Å². The topological polar surface area (TPSA) is 0 Å². The highest BCUT2D eigenvalue weighted by atomic mass is 32.1. The zero-order valence-electron chi connectivity index (χ0n) is 36.3. The maximum atomic E-state index is 2.55. The quantitative estimate of drug-likeness (QED) is 0.151. The zero-order chi connectivity index (χ0) is 43.7. The van der Waals surface area contributed by atoms with E-state index in [9.17, 15) is 0 Å². The van der Waals surface area contributed by atoms with Crippen molar-refractivity contribution in [2.24, 2.45) is 0 Å². The van der Waals surface area contributed by atoms with Gasteiger partial charge in [0.05, 0.1) is 0 Å². The van der Waals surface area contributed by atoms with Crippen LogP contribution in [0.5, 0.6) is 0 Å². The molecule has 0 spiro atoms. The van der Waals surface area contributed by atoms with Gasteiger partial charge in [0.1, 0.15) is 0 Å². The van der Waals surface area contributed by atoms with Gasteiger partial charge in [0.25, 0.3) is 0 Å². The molecule has 15 aromatic rings. The van der Waals surface area contributed by atoms with Crippen molar-refractivity contribution in [3.8, 4) is 55.6 Å². The Hall–Kier alpha value is -8.36. The molecule has 0 nitrogen and oxygen atoms in total. The number of thiophene rings is 1. The molecule has 0 fully saturated rings. The van der Waals surface area contributed by atoms with Crippen LogP contribution >= 0.6 is 11.3 Å². The Bertz CT molecular complexity index is 4480. The molecule has 67 heavy (non-hydrogen) atoms. The molecule has 15 rings (SSSR count). The van der Waals surface area contributed by atoms with Crippen molar-refractivity contribution < 1.29 is 0 Å². The van der Waals surface area contributed by atoms with Gasteiger partial charge in [0, 0.05) is 20.2 Å². The van der Waals surface area contributed by atoms with Gasteiger partial charge in [-0.25, -0.2) is 0 Å². The molecule has 0 aliphatic heterocycles. The van der Waals surface area contributed by atoms with Crippen LogP contribution in [0.4, 0.5) is 0 Å². The van der Waals surface area contributed by atoms with Crippen LogP contribution < -0.4 is 0 Å². The van der Waals surface area contributed by atoms with E-state index >= 15 is 0 Å². The number of fused-ring (bicyclic) bond motifs is 11. The molecule has 1 heterocycles. The summed E-state index contributed by atoms with van der Waals surface area (Å²) in [6, 6.07) is 86.7. The first-order valence-corrected chi connectivity index (χ1v) is 24.1. The van der Waals surface area contributed by atoms with Crippen LogP contribution in [0.25, 0.3) is 151 Å². The predicted octanol–water partition coefficient (Wildman–Crippen LogP) is 19.3. The molecule has 308 valence electrons. The van der Waals surface area contributed by atoms with E-state index in [0.29, 0.717) is 0 Å². The largest absolute Gasteiger partial charge is 0.135 e. The van der Waals surface area contributed by atoms with Gasteiger partial charge >= 0.3 is 0 Å². The predicted molar refractivity (Wildman–Crippen MR) is 291 cm³/mol. The van der Waals surface area contributed by atoms with Crippen molar-refractivity contribution in [2.75, 3.05) is 0 Å². The summed E-state index contributed by atoms with van der Waals surface area (Å²) in [6.07, 6.45) is 0.